The Kier molecular flexibility index (Phi) is 6.19. The second-order valence-corrected chi connectivity index (χ2v) is 4.33. The van der Waals surface area contributed by atoms with Crippen molar-refractivity contribution >= 4 is 0 Å². The van der Waals surface area contributed by atoms with E-state index < -0.39 is 12.7 Å². The van der Waals surface area contributed by atoms with Crippen LogP contribution in [0.5, 0.6) is 11.5 Å². The summed E-state index contributed by atoms with van der Waals surface area (Å²) in [7, 11) is 1.37. The summed E-state index contributed by atoms with van der Waals surface area (Å²) in [5.74, 6) is 0.125. The van der Waals surface area contributed by atoms with Gasteiger partial charge in [0.1, 0.15) is 6.04 Å². The Hall–Kier alpha value is -1.87. The molecule has 0 amide bonds. The Morgan fingerprint density at radius 1 is 1.35 bits per heavy atom. The molecule has 0 aliphatic rings. The largest absolute Gasteiger partial charge is 0.493 e. The summed E-state index contributed by atoms with van der Waals surface area (Å²) in [5, 5.41) is 12.3. The highest BCUT2D eigenvalue weighted by molar-refractivity contribution is 5.44. The van der Waals surface area contributed by atoms with Crippen molar-refractivity contribution in [3.8, 4) is 17.6 Å². The highest BCUT2D eigenvalue weighted by atomic mass is 19.3. The first kappa shape index (κ1) is 16.2. The van der Waals surface area contributed by atoms with Gasteiger partial charge in [0.05, 0.1) is 13.2 Å². The molecule has 4 nitrogen and oxygen atoms in total. The van der Waals surface area contributed by atoms with Crippen LogP contribution < -0.4 is 14.8 Å². The van der Waals surface area contributed by atoms with Crippen LogP contribution >= 0.6 is 0 Å². The molecule has 20 heavy (non-hydrogen) atoms. The van der Waals surface area contributed by atoms with Crippen molar-refractivity contribution in [1.29, 1.82) is 5.26 Å². The number of alkyl halides is 2. The molecule has 1 aromatic carbocycles. The third-order valence-corrected chi connectivity index (χ3v) is 2.93. The number of hydrogen-bond acceptors (Lipinski definition) is 4. The van der Waals surface area contributed by atoms with Crippen LogP contribution in [-0.4, -0.2) is 19.8 Å². The Morgan fingerprint density at radius 3 is 2.55 bits per heavy atom. The molecule has 0 aliphatic carbocycles. The normalized spacial score (nSPS) is 13.7. The molecule has 0 bridgehead atoms. The van der Waals surface area contributed by atoms with Crippen molar-refractivity contribution in [3.05, 3.63) is 23.8 Å². The van der Waals surface area contributed by atoms with Crippen molar-refractivity contribution < 1.29 is 18.3 Å². The maximum atomic E-state index is 12.4. The van der Waals surface area contributed by atoms with Crippen molar-refractivity contribution in [1.82, 2.24) is 5.32 Å². The van der Waals surface area contributed by atoms with E-state index in [9.17, 15) is 14.0 Å². The first-order valence-corrected chi connectivity index (χ1v) is 6.30. The summed E-state index contributed by atoms with van der Waals surface area (Å²) in [5.41, 5.74) is 0.559. The zero-order valence-corrected chi connectivity index (χ0v) is 11.7. The van der Waals surface area contributed by atoms with Gasteiger partial charge >= 0.3 is 6.61 Å². The average molecular weight is 284 g/mol. The van der Waals surface area contributed by atoms with Crippen LogP contribution in [0.3, 0.4) is 0 Å². The van der Waals surface area contributed by atoms with E-state index in [1.54, 1.807) is 6.07 Å². The van der Waals surface area contributed by atoms with Gasteiger partial charge in [-0.1, -0.05) is 13.0 Å². The maximum absolute atomic E-state index is 12.4. The van der Waals surface area contributed by atoms with Gasteiger partial charge < -0.3 is 9.47 Å². The van der Waals surface area contributed by atoms with Crippen molar-refractivity contribution in [2.75, 3.05) is 7.11 Å². The van der Waals surface area contributed by atoms with Gasteiger partial charge in [-0.3, -0.25) is 5.32 Å². The second kappa shape index (κ2) is 7.65. The zero-order valence-electron chi connectivity index (χ0n) is 11.7. The van der Waals surface area contributed by atoms with Gasteiger partial charge in [0.25, 0.3) is 0 Å². The number of halogens is 2. The Balaban J connectivity index is 3.02. The van der Waals surface area contributed by atoms with E-state index in [0.717, 1.165) is 6.42 Å². The molecule has 0 fully saturated rings. The van der Waals surface area contributed by atoms with Gasteiger partial charge in [-0.2, -0.15) is 14.0 Å². The second-order valence-electron chi connectivity index (χ2n) is 4.33. The Morgan fingerprint density at radius 2 is 2.05 bits per heavy atom. The molecule has 0 saturated carbocycles. The molecule has 0 aromatic heterocycles. The average Bonchev–Trinajstić information content (AvgIpc) is 2.43. The molecule has 2 unspecified atom stereocenters. The number of nitrogens with one attached hydrogen (secondary N) is 1. The molecular formula is C14H18F2N2O2. The minimum Gasteiger partial charge on any atom is -0.493 e. The fourth-order valence-corrected chi connectivity index (χ4v) is 1.67. The molecule has 0 heterocycles. The van der Waals surface area contributed by atoms with Crippen molar-refractivity contribution in [2.45, 2.75) is 39.0 Å². The highest BCUT2D eigenvalue weighted by Crippen LogP contribution is 2.31. The lowest BCUT2D eigenvalue weighted by Crippen LogP contribution is -2.29. The number of methoxy groups -OCH3 is 1. The Labute approximate surface area is 117 Å². The van der Waals surface area contributed by atoms with Crippen molar-refractivity contribution in [2.24, 2.45) is 0 Å². The van der Waals surface area contributed by atoms with E-state index in [1.165, 1.54) is 19.2 Å². The predicted molar refractivity (Wildman–Crippen MR) is 70.9 cm³/mol. The van der Waals surface area contributed by atoms with Gasteiger partial charge in [0, 0.05) is 6.04 Å². The number of rotatable bonds is 7. The third kappa shape index (κ3) is 4.35. The molecule has 1 aromatic rings. The smallest absolute Gasteiger partial charge is 0.387 e. The number of ether oxygens (including phenoxy) is 2. The lowest BCUT2D eigenvalue weighted by molar-refractivity contribution is -0.0512. The first-order valence-electron chi connectivity index (χ1n) is 6.30. The van der Waals surface area contributed by atoms with Crippen LogP contribution in [0.15, 0.2) is 18.2 Å². The van der Waals surface area contributed by atoms with Gasteiger partial charge in [0.15, 0.2) is 11.5 Å². The predicted octanol–water partition coefficient (Wildman–Crippen LogP) is 3.25. The summed E-state index contributed by atoms with van der Waals surface area (Å²) < 4.78 is 34.1. The van der Waals surface area contributed by atoms with Gasteiger partial charge in [-0.25, -0.2) is 0 Å². The fourth-order valence-electron chi connectivity index (χ4n) is 1.67. The first-order chi connectivity index (χ1) is 9.51. The van der Waals surface area contributed by atoms with E-state index in [-0.39, 0.29) is 17.5 Å². The number of benzene rings is 1. The summed E-state index contributed by atoms with van der Waals surface area (Å²) in [4.78, 5) is 0. The summed E-state index contributed by atoms with van der Waals surface area (Å²) in [6.45, 7) is 0.998. The highest BCUT2D eigenvalue weighted by Gasteiger charge is 2.17. The van der Waals surface area contributed by atoms with Crippen molar-refractivity contribution in [3.63, 3.8) is 0 Å². The van der Waals surface area contributed by atoms with Crippen LogP contribution in [0.4, 0.5) is 8.78 Å². The molecule has 0 aliphatic heterocycles. The van der Waals surface area contributed by atoms with Crippen LogP contribution in [-0.2, 0) is 0 Å². The van der Waals surface area contributed by atoms with E-state index >= 15 is 0 Å². The van der Waals surface area contributed by atoms with E-state index in [1.807, 2.05) is 13.8 Å². The molecule has 110 valence electrons. The van der Waals surface area contributed by atoms with Crippen LogP contribution in [0, 0.1) is 11.3 Å². The van der Waals surface area contributed by atoms with Crippen LogP contribution in [0.2, 0.25) is 0 Å². The Bertz CT molecular complexity index is 475. The minimum atomic E-state index is -2.94. The SMILES string of the molecule is CCC(C)NC(C#N)c1ccc(OC)c(OC(F)F)c1. The molecule has 1 N–H and O–H groups in total. The lowest BCUT2D eigenvalue weighted by atomic mass is 10.1. The topological polar surface area (TPSA) is 54.3 Å². The fraction of sp³-hybridized carbons (Fsp3) is 0.500. The maximum Gasteiger partial charge on any atom is 0.387 e. The molecule has 0 spiro atoms. The lowest BCUT2D eigenvalue weighted by Gasteiger charge is -2.18. The number of nitrogens with zero attached hydrogens (tertiary/aromatic N) is 1. The zero-order chi connectivity index (χ0) is 15.1. The van der Waals surface area contributed by atoms with Crippen LogP contribution in [0.1, 0.15) is 31.9 Å². The summed E-state index contributed by atoms with van der Waals surface area (Å²) >= 11 is 0. The number of nitriles is 1. The molecule has 6 heteroatoms. The molecule has 2 atom stereocenters. The van der Waals surface area contributed by atoms with E-state index in [0.29, 0.717) is 5.56 Å². The molecule has 0 radical (unpaired) electrons. The van der Waals surface area contributed by atoms with E-state index in [2.05, 4.69) is 16.1 Å². The third-order valence-electron chi connectivity index (χ3n) is 2.93. The van der Waals surface area contributed by atoms with Gasteiger partial charge in [-0.05, 0) is 31.0 Å². The van der Waals surface area contributed by atoms with Gasteiger partial charge in [-0.15, -0.1) is 0 Å². The monoisotopic (exact) mass is 284 g/mol. The molecule has 0 saturated heterocycles. The summed E-state index contributed by atoms with van der Waals surface area (Å²) in [6, 6.07) is 6.22. The number of hydrogen-bond donors (Lipinski definition) is 1. The standard InChI is InChI=1S/C14H18F2N2O2/c1-4-9(2)18-11(8-17)10-5-6-12(19-3)13(7-10)20-14(15)16/h5-7,9,11,14,18H,4H2,1-3H3. The van der Waals surface area contributed by atoms with Crippen LogP contribution in [0.25, 0.3) is 0 Å². The van der Waals surface area contributed by atoms with Gasteiger partial charge in [0.2, 0.25) is 0 Å². The minimum absolute atomic E-state index is 0.0776. The quantitative estimate of drug-likeness (QED) is 0.835. The summed E-state index contributed by atoms with van der Waals surface area (Å²) in [6.07, 6.45) is 0.856. The molecule has 1 rings (SSSR count). The van der Waals surface area contributed by atoms with E-state index in [4.69, 9.17) is 4.74 Å². The molecular weight excluding hydrogens is 266 g/mol.